The van der Waals surface area contributed by atoms with Crippen LogP contribution >= 0.6 is 23.4 Å². The van der Waals surface area contributed by atoms with Gasteiger partial charge in [0.15, 0.2) is 0 Å². The van der Waals surface area contributed by atoms with Crippen LogP contribution in [0.4, 0.5) is 0 Å². The number of nitrogens with zero attached hydrogens (tertiary/aromatic N) is 2. The molecule has 0 aliphatic heterocycles. The fourth-order valence-electron chi connectivity index (χ4n) is 2.18. The van der Waals surface area contributed by atoms with Crippen LogP contribution in [-0.4, -0.2) is 4.98 Å². The van der Waals surface area contributed by atoms with Crippen molar-refractivity contribution < 1.29 is 0 Å². The highest BCUT2D eigenvalue weighted by molar-refractivity contribution is 7.99. The second-order valence-corrected chi connectivity index (χ2v) is 6.59. The highest BCUT2D eigenvalue weighted by Crippen LogP contribution is 2.31. The summed E-state index contributed by atoms with van der Waals surface area (Å²) in [5.41, 5.74) is 3.57. The van der Waals surface area contributed by atoms with Crippen LogP contribution in [0.25, 0.3) is 11.3 Å². The van der Waals surface area contributed by atoms with Gasteiger partial charge in [0.1, 0.15) is 11.1 Å². The highest BCUT2D eigenvalue weighted by atomic mass is 35.5. The molecule has 0 N–H and O–H groups in total. The van der Waals surface area contributed by atoms with Crippen LogP contribution in [0.5, 0.6) is 0 Å². The monoisotopic (exact) mass is 336 g/mol. The van der Waals surface area contributed by atoms with Crippen LogP contribution in [0.2, 0.25) is 5.02 Å². The normalized spacial score (nSPS) is 10.3. The van der Waals surface area contributed by atoms with Crippen LogP contribution in [0.3, 0.4) is 0 Å². The van der Waals surface area contributed by atoms with Crippen LogP contribution in [0, 0.1) is 18.3 Å². The van der Waals surface area contributed by atoms with Gasteiger partial charge in [-0.15, -0.1) is 0 Å². The van der Waals surface area contributed by atoms with E-state index in [2.05, 4.69) is 17.1 Å². The van der Waals surface area contributed by atoms with Crippen LogP contribution < -0.4 is 0 Å². The maximum atomic E-state index is 9.33. The zero-order chi connectivity index (χ0) is 16.2. The Morgan fingerprint density at radius 2 is 1.83 bits per heavy atom. The summed E-state index contributed by atoms with van der Waals surface area (Å²) in [7, 11) is 0. The Kier molecular flexibility index (Phi) is 4.66. The van der Waals surface area contributed by atoms with Crippen molar-refractivity contribution in [1.82, 2.24) is 4.98 Å². The van der Waals surface area contributed by atoms with Crippen LogP contribution in [0.15, 0.2) is 70.6 Å². The molecule has 2 nitrogen and oxygen atoms in total. The molecule has 0 aliphatic carbocycles. The molecule has 0 radical (unpaired) electrons. The van der Waals surface area contributed by atoms with E-state index < -0.39 is 0 Å². The quantitative estimate of drug-likeness (QED) is 0.612. The minimum Gasteiger partial charge on any atom is -0.240 e. The molecule has 3 aromatic rings. The average molecular weight is 337 g/mol. The van der Waals surface area contributed by atoms with E-state index >= 15 is 0 Å². The van der Waals surface area contributed by atoms with E-state index in [0.29, 0.717) is 15.6 Å². The van der Waals surface area contributed by atoms with Crippen molar-refractivity contribution in [3.8, 4) is 17.3 Å². The van der Waals surface area contributed by atoms with E-state index in [1.54, 1.807) is 0 Å². The summed E-state index contributed by atoms with van der Waals surface area (Å²) < 4.78 is 0. The summed E-state index contributed by atoms with van der Waals surface area (Å²) in [6.07, 6.45) is 0. The molecule has 0 atom stereocenters. The van der Waals surface area contributed by atoms with Gasteiger partial charge in [0, 0.05) is 15.5 Å². The Bertz CT molecular complexity index is 883. The molecular formula is C19H13ClN2S. The number of aromatic nitrogens is 1. The van der Waals surface area contributed by atoms with E-state index in [0.717, 1.165) is 16.2 Å². The number of benzene rings is 2. The van der Waals surface area contributed by atoms with Crippen molar-refractivity contribution in [1.29, 1.82) is 5.26 Å². The minimum absolute atomic E-state index is 0.578. The zero-order valence-electron chi connectivity index (χ0n) is 12.5. The third-order valence-corrected chi connectivity index (χ3v) is 4.57. The molecule has 3 rings (SSSR count). The Hall–Kier alpha value is -2.28. The predicted octanol–water partition coefficient (Wildman–Crippen LogP) is 5.73. The van der Waals surface area contributed by atoms with Gasteiger partial charge in [-0.2, -0.15) is 5.26 Å². The molecule has 0 saturated heterocycles. The lowest BCUT2D eigenvalue weighted by molar-refractivity contribution is 1.11. The lowest BCUT2D eigenvalue weighted by Crippen LogP contribution is -1.91. The van der Waals surface area contributed by atoms with Crippen LogP contribution in [-0.2, 0) is 0 Å². The summed E-state index contributed by atoms with van der Waals surface area (Å²) in [5, 5.41) is 10.7. The van der Waals surface area contributed by atoms with Gasteiger partial charge >= 0.3 is 0 Å². The van der Waals surface area contributed by atoms with Gasteiger partial charge in [0.2, 0.25) is 0 Å². The first-order valence-corrected chi connectivity index (χ1v) is 8.27. The average Bonchev–Trinajstić information content (AvgIpc) is 2.55. The third kappa shape index (κ3) is 3.73. The molecule has 1 aromatic heterocycles. The van der Waals surface area contributed by atoms with Crippen molar-refractivity contribution in [2.75, 3.05) is 0 Å². The molecule has 0 bridgehead atoms. The molecule has 0 aliphatic rings. The summed E-state index contributed by atoms with van der Waals surface area (Å²) in [6, 6.07) is 21.6. The molecule has 112 valence electrons. The van der Waals surface area contributed by atoms with Crippen LogP contribution in [0.1, 0.15) is 11.1 Å². The van der Waals surface area contributed by atoms with E-state index in [4.69, 9.17) is 11.6 Å². The molecule has 4 heteroatoms. The van der Waals surface area contributed by atoms with E-state index in [1.165, 1.54) is 17.3 Å². The van der Waals surface area contributed by atoms with Gasteiger partial charge in [-0.05, 0) is 43.3 Å². The number of rotatable bonds is 3. The standard InChI is InChI=1S/C19H13ClN2S/c1-13-3-2-4-17(11-13)23-19-15(12-21)7-10-18(22-19)14-5-8-16(20)9-6-14/h2-11H,1H3. The van der Waals surface area contributed by atoms with Gasteiger partial charge in [0.05, 0.1) is 11.3 Å². The number of hydrogen-bond acceptors (Lipinski definition) is 3. The van der Waals surface area contributed by atoms with Crippen molar-refractivity contribution in [3.05, 3.63) is 76.8 Å². The first kappa shape index (κ1) is 15.6. The van der Waals surface area contributed by atoms with Gasteiger partial charge in [-0.25, -0.2) is 4.98 Å². The molecule has 1 heterocycles. The number of aryl methyl sites for hydroxylation is 1. The predicted molar refractivity (Wildman–Crippen MR) is 94.7 cm³/mol. The number of halogens is 1. The van der Waals surface area contributed by atoms with Crippen molar-refractivity contribution in [2.24, 2.45) is 0 Å². The van der Waals surface area contributed by atoms with Gasteiger partial charge in [-0.1, -0.05) is 53.2 Å². The maximum absolute atomic E-state index is 9.33. The van der Waals surface area contributed by atoms with E-state index in [9.17, 15) is 5.26 Å². The highest BCUT2D eigenvalue weighted by Gasteiger charge is 2.09. The topological polar surface area (TPSA) is 36.7 Å². The lowest BCUT2D eigenvalue weighted by atomic mass is 10.1. The first-order chi connectivity index (χ1) is 11.2. The summed E-state index contributed by atoms with van der Waals surface area (Å²) in [6.45, 7) is 2.05. The Morgan fingerprint density at radius 1 is 1.04 bits per heavy atom. The molecule has 0 saturated carbocycles. The molecule has 0 unspecified atom stereocenters. The summed E-state index contributed by atoms with van der Waals surface area (Å²) >= 11 is 7.44. The van der Waals surface area contributed by atoms with Gasteiger partial charge < -0.3 is 0 Å². The van der Waals surface area contributed by atoms with Crippen molar-refractivity contribution in [2.45, 2.75) is 16.8 Å². The van der Waals surface area contributed by atoms with E-state index in [-0.39, 0.29) is 0 Å². The van der Waals surface area contributed by atoms with Crippen molar-refractivity contribution in [3.63, 3.8) is 0 Å². The summed E-state index contributed by atoms with van der Waals surface area (Å²) in [4.78, 5) is 5.74. The Balaban J connectivity index is 2.00. The summed E-state index contributed by atoms with van der Waals surface area (Å²) in [5.74, 6) is 0. The SMILES string of the molecule is Cc1cccc(Sc2nc(-c3ccc(Cl)cc3)ccc2C#N)c1. The second-order valence-electron chi connectivity index (χ2n) is 5.09. The maximum Gasteiger partial charge on any atom is 0.119 e. The smallest absolute Gasteiger partial charge is 0.119 e. The fourth-order valence-corrected chi connectivity index (χ4v) is 3.28. The first-order valence-electron chi connectivity index (χ1n) is 7.07. The lowest BCUT2D eigenvalue weighted by Gasteiger charge is -2.07. The second kappa shape index (κ2) is 6.87. The molecule has 0 fully saturated rings. The molecule has 0 spiro atoms. The molecule has 2 aromatic carbocycles. The van der Waals surface area contributed by atoms with Gasteiger partial charge in [0.25, 0.3) is 0 Å². The van der Waals surface area contributed by atoms with Crippen molar-refractivity contribution >= 4 is 23.4 Å². The Labute approximate surface area is 144 Å². The largest absolute Gasteiger partial charge is 0.240 e. The molecule has 23 heavy (non-hydrogen) atoms. The minimum atomic E-state index is 0.578. The molecule has 0 amide bonds. The fraction of sp³-hybridized carbons (Fsp3) is 0.0526. The van der Waals surface area contributed by atoms with Gasteiger partial charge in [-0.3, -0.25) is 0 Å². The van der Waals surface area contributed by atoms with E-state index in [1.807, 2.05) is 61.5 Å². The molecular weight excluding hydrogens is 324 g/mol. The third-order valence-electron chi connectivity index (χ3n) is 3.32. The number of nitriles is 1. The number of pyridine rings is 1. The zero-order valence-corrected chi connectivity index (χ0v) is 14.0. The Morgan fingerprint density at radius 3 is 2.52 bits per heavy atom. The number of hydrogen-bond donors (Lipinski definition) is 0.